The minimum atomic E-state index is -0.265. The van der Waals surface area contributed by atoms with Crippen LogP contribution in [0.5, 0.6) is 0 Å². The number of benzene rings is 2. The number of nitrogens with zero attached hydrogens (tertiary/aromatic N) is 2. The van der Waals surface area contributed by atoms with Crippen molar-refractivity contribution in [1.29, 1.82) is 0 Å². The number of anilines is 1. The Balaban J connectivity index is 1.67. The van der Waals surface area contributed by atoms with Crippen LogP contribution in [0.25, 0.3) is 10.2 Å². The normalized spacial score (nSPS) is 11.5. The number of hydrazone groups is 1. The van der Waals surface area contributed by atoms with E-state index in [2.05, 4.69) is 41.5 Å². The van der Waals surface area contributed by atoms with Crippen molar-refractivity contribution in [3.63, 3.8) is 0 Å². The molecule has 24 heavy (non-hydrogen) atoms. The number of thiazole rings is 1. The second-order valence-electron chi connectivity index (χ2n) is 5.76. The highest BCUT2D eigenvalue weighted by Crippen LogP contribution is 2.24. The monoisotopic (exact) mass is 338 g/mol. The Morgan fingerprint density at radius 2 is 2.00 bits per heavy atom. The smallest absolute Gasteiger partial charge is 0.271 e. The molecule has 122 valence electrons. The molecule has 1 amide bonds. The van der Waals surface area contributed by atoms with E-state index in [-0.39, 0.29) is 5.91 Å². The van der Waals surface area contributed by atoms with Crippen molar-refractivity contribution in [3.8, 4) is 0 Å². The third kappa shape index (κ3) is 3.60. The summed E-state index contributed by atoms with van der Waals surface area (Å²) in [6, 6.07) is 13.4. The van der Waals surface area contributed by atoms with Crippen LogP contribution < -0.4 is 11.2 Å². The van der Waals surface area contributed by atoms with Gasteiger partial charge in [-0.15, -0.1) is 0 Å². The Morgan fingerprint density at radius 1 is 1.25 bits per heavy atom. The number of nitrogen functional groups attached to an aromatic ring is 1. The molecule has 0 fully saturated rings. The molecule has 6 heteroatoms. The quantitative estimate of drug-likeness (QED) is 0.561. The lowest BCUT2D eigenvalue weighted by Gasteiger charge is -2.04. The lowest BCUT2D eigenvalue weighted by molar-refractivity contribution is 0.0955. The van der Waals surface area contributed by atoms with E-state index < -0.39 is 0 Å². The number of nitrogens with one attached hydrogen (secondary N) is 1. The fourth-order valence-corrected chi connectivity index (χ4v) is 3.05. The number of aromatic nitrogens is 1. The Morgan fingerprint density at radius 3 is 2.71 bits per heavy atom. The van der Waals surface area contributed by atoms with Crippen LogP contribution in [0.3, 0.4) is 0 Å². The maximum absolute atomic E-state index is 12.2. The van der Waals surface area contributed by atoms with Gasteiger partial charge in [0, 0.05) is 5.56 Å². The van der Waals surface area contributed by atoms with Crippen LogP contribution in [0.2, 0.25) is 0 Å². The van der Waals surface area contributed by atoms with Gasteiger partial charge in [-0.2, -0.15) is 5.10 Å². The molecule has 0 aliphatic carbocycles. The van der Waals surface area contributed by atoms with Gasteiger partial charge in [0.1, 0.15) is 0 Å². The largest absolute Gasteiger partial charge is 0.375 e. The second kappa shape index (κ2) is 6.80. The average Bonchev–Trinajstić information content (AvgIpc) is 2.94. The number of fused-ring (bicyclic) bond motifs is 1. The standard InChI is InChI=1S/C18H18N4OS/c1-11(2)13-5-3-12(4-6-13)10-20-22-17(23)14-7-8-15-16(9-14)24-18(19)21-15/h3-11H,1-2H3,(H2,19,21)(H,22,23)/b20-10-. The van der Waals surface area contributed by atoms with E-state index in [4.69, 9.17) is 5.73 Å². The number of rotatable bonds is 4. The van der Waals surface area contributed by atoms with Crippen molar-refractivity contribution in [3.05, 3.63) is 59.2 Å². The topological polar surface area (TPSA) is 80.4 Å². The predicted octanol–water partition coefficient (Wildman–Crippen LogP) is 3.77. The fourth-order valence-electron chi connectivity index (χ4n) is 2.28. The molecule has 0 atom stereocenters. The van der Waals surface area contributed by atoms with Crippen LogP contribution >= 0.6 is 11.3 Å². The van der Waals surface area contributed by atoms with Gasteiger partial charge in [-0.3, -0.25) is 4.79 Å². The Hall–Kier alpha value is -2.73. The summed E-state index contributed by atoms with van der Waals surface area (Å²) in [7, 11) is 0. The summed E-state index contributed by atoms with van der Waals surface area (Å²) in [5.74, 6) is 0.227. The lowest BCUT2D eigenvalue weighted by atomic mass is 10.0. The van der Waals surface area contributed by atoms with Gasteiger partial charge in [0.05, 0.1) is 16.4 Å². The highest BCUT2D eigenvalue weighted by Gasteiger charge is 2.08. The van der Waals surface area contributed by atoms with Crippen LogP contribution in [0.4, 0.5) is 5.13 Å². The van der Waals surface area contributed by atoms with Crippen molar-refractivity contribution in [2.75, 3.05) is 5.73 Å². The lowest BCUT2D eigenvalue weighted by Crippen LogP contribution is -2.17. The molecule has 0 saturated carbocycles. The van der Waals surface area contributed by atoms with E-state index in [9.17, 15) is 4.79 Å². The van der Waals surface area contributed by atoms with Gasteiger partial charge in [-0.1, -0.05) is 49.4 Å². The molecule has 3 N–H and O–H groups in total. The first-order chi connectivity index (χ1) is 11.5. The second-order valence-corrected chi connectivity index (χ2v) is 6.82. The van der Waals surface area contributed by atoms with E-state index >= 15 is 0 Å². The Kier molecular flexibility index (Phi) is 4.57. The van der Waals surface area contributed by atoms with Gasteiger partial charge < -0.3 is 5.73 Å². The number of hydrogen-bond acceptors (Lipinski definition) is 5. The van der Waals surface area contributed by atoms with Crippen LogP contribution in [0.15, 0.2) is 47.6 Å². The number of carbonyl (C=O) groups excluding carboxylic acids is 1. The van der Waals surface area contributed by atoms with E-state index in [1.165, 1.54) is 16.9 Å². The number of nitrogens with two attached hydrogens (primary N) is 1. The molecular formula is C18H18N4OS. The molecule has 3 aromatic rings. The first-order valence-corrected chi connectivity index (χ1v) is 8.44. The average molecular weight is 338 g/mol. The van der Waals surface area contributed by atoms with Crippen molar-refractivity contribution in [1.82, 2.24) is 10.4 Å². The minimum Gasteiger partial charge on any atom is -0.375 e. The minimum absolute atomic E-state index is 0.265. The van der Waals surface area contributed by atoms with Crippen LogP contribution in [0, 0.1) is 0 Å². The predicted molar refractivity (Wildman–Crippen MR) is 99.6 cm³/mol. The zero-order valence-corrected chi connectivity index (χ0v) is 14.3. The molecule has 0 aliphatic rings. The van der Waals surface area contributed by atoms with Gasteiger partial charge in [-0.25, -0.2) is 10.4 Å². The number of hydrogen-bond donors (Lipinski definition) is 2. The molecule has 0 saturated heterocycles. The maximum Gasteiger partial charge on any atom is 0.271 e. The third-order valence-electron chi connectivity index (χ3n) is 3.65. The highest BCUT2D eigenvalue weighted by molar-refractivity contribution is 7.22. The molecule has 0 bridgehead atoms. The Bertz CT molecular complexity index is 897. The zero-order chi connectivity index (χ0) is 17.1. The molecule has 5 nitrogen and oxygen atoms in total. The van der Waals surface area contributed by atoms with Crippen molar-refractivity contribution >= 4 is 38.8 Å². The van der Waals surface area contributed by atoms with Gasteiger partial charge in [0.25, 0.3) is 5.91 Å². The summed E-state index contributed by atoms with van der Waals surface area (Å²) in [6.07, 6.45) is 1.63. The molecule has 0 spiro atoms. The van der Waals surface area contributed by atoms with E-state index in [1.807, 2.05) is 12.1 Å². The van der Waals surface area contributed by atoms with Crippen molar-refractivity contribution < 1.29 is 4.79 Å². The third-order valence-corrected chi connectivity index (χ3v) is 4.50. The van der Waals surface area contributed by atoms with E-state index in [0.29, 0.717) is 16.6 Å². The van der Waals surface area contributed by atoms with Gasteiger partial charge >= 0.3 is 0 Å². The Labute approximate surface area is 144 Å². The number of amides is 1. The summed E-state index contributed by atoms with van der Waals surface area (Å²) in [6.45, 7) is 4.30. The van der Waals surface area contributed by atoms with Crippen molar-refractivity contribution in [2.24, 2.45) is 5.10 Å². The molecule has 2 aromatic carbocycles. The summed E-state index contributed by atoms with van der Waals surface area (Å²) >= 11 is 1.36. The summed E-state index contributed by atoms with van der Waals surface area (Å²) in [4.78, 5) is 16.3. The summed E-state index contributed by atoms with van der Waals surface area (Å²) < 4.78 is 0.883. The van der Waals surface area contributed by atoms with Crippen LogP contribution in [0.1, 0.15) is 41.3 Å². The molecule has 0 radical (unpaired) electrons. The van der Waals surface area contributed by atoms with E-state index in [1.54, 1.807) is 24.4 Å². The van der Waals surface area contributed by atoms with Crippen LogP contribution in [-0.2, 0) is 0 Å². The summed E-state index contributed by atoms with van der Waals surface area (Å²) in [5.41, 5.74) is 11.7. The molecule has 0 aliphatic heterocycles. The maximum atomic E-state index is 12.2. The first-order valence-electron chi connectivity index (χ1n) is 7.62. The van der Waals surface area contributed by atoms with Gasteiger partial charge in [-0.05, 0) is 35.2 Å². The number of carbonyl (C=O) groups is 1. The highest BCUT2D eigenvalue weighted by atomic mass is 32.1. The SMILES string of the molecule is CC(C)c1ccc(/C=N\NC(=O)c2ccc3nc(N)sc3c2)cc1. The molecular weight excluding hydrogens is 320 g/mol. The van der Waals surface area contributed by atoms with Gasteiger partial charge in [0.15, 0.2) is 5.13 Å². The zero-order valence-electron chi connectivity index (χ0n) is 13.5. The molecule has 0 unspecified atom stereocenters. The molecule has 1 heterocycles. The first kappa shape index (κ1) is 16.1. The van der Waals surface area contributed by atoms with Gasteiger partial charge in [0.2, 0.25) is 0 Å². The molecule has 3 rings (SSSR count). The summed E-state index contributed by atoms with van der Waals surface area (Å²) in [5, 5.41) is 4.51. The fraction of sp³-hybridized carbons (Fsp3) is 0.167. The molecule has 1 aromatic heterocycles. The van der Waals surface area contributed by atoms with E-state index in [0.717, 1.165) is 15.8 Å². The van der Waals surface area contributed by atoms with Crippen LogP contribution in [-0.4, -0.2) is 17.1 Å². The van der Waals surface area contributed by atoms with Crippen molar-refractivity contribution in [2.45, 2.75) is 19.8 Å².